The molecule has 0 aromatic heterocycles. The molecule has 2 heteroatoms. The Balaban J connectivity index is 2.13. The van der Waals surface area contributed by atoms with E-state index >= 15 is 0 Å². The lowest BCUT2D eigenvalue weighted by atomic mass is 9.79. The lowest BCUT2D eigenvalue weighted by Crippen LogP contribution is -2.19. The van der Waals surface area contributed by atoms with Crippen molar-refractivity contribution in [1.29, 1.82) is 0 Å². The van der Waals surface area contributed by atoms with Crippen LogP contribution in [0.25, 0.3) is 0 Å². The molecule has 1 nitrogen and oxygen atoms in total. The van der Waals surface area contributed by atoms with E-state index in [1.807, 2.05) is 11.8 Å². The molecule has 88 valence electrons. The Morgan fingerprint density at radius 1 is 1.44 bits per heavy atom. The normalized spacial score (nSPS) is 18.1. The van der Waals surface area contributed by atoms with Crippen molar-refractivity contribution >= 4 is 11.8 Å². The van der Waals surface area contributed by atoms with Gasteiger partial charge in [0, 0.05) is 11.8 Å². The number of nitrogens with one attached hydrogen (secondary N) is 1. The van der Waals surface area contributed by atoms with Crippen molar-refractivity contribution in [1.82, 2.24) is 5.32 Å². The van der Waals surface area contributed by atoms with E-state index in [2.05, 4.69) is 42.9 Å². The Hall–Kier alpha value is -0.470. The van der Waals surface area contributed by atoms with Crippen molar-refractivity contribution in [3.8, 4) is 0 Å². The summed E-state index contributed by atoms with van der Waals surface area (Å²) >= 11 is 1.90. The van der Waals surface area contributed by atoms with E-state index in [-0.39, 0.29) is 0 Å². The SMILES string of the molecule is CNC(CSC)c1cccc(C2CCC2)c1. The Morgan fingerprint density at radius 2 is 2.25 bits per heavy atom. The third-order valence-electron chi connectivity index (χ3n) is 3.57. The van der Waals surface area contributed by atoms with E-state index in [9.17, 15) is 0 Å². The monoisotopic (exact) mass is 235 g/mol. The summed E-state index contributed by atoms with van der Waals surface area (Å²) in [5.41, 5.74) is 2.99. The fraction of sp³-hybridized carbons (Fsp3) is 0.571. The topological polar surface area (TPSA) is 12.0 Å². The van der Waals surface area contributed by atoms with Crippen molar-refractivity contribution in [2.24, 2.45) is 0 Å². The van der Waals surface area contributed by atoms with Crippen molar-refractivity contribution in [2.45, 2.75) is 31.2 Å². The van der Waals surface area contributed by atoms with Gasteiger partial charge in [-0.15, -0.1) is 0 Å². The second-order valence-corrected chi connectivity index (χ2v) is 5.51. The highest BCUT2D eigenvalue weighted by Crippen LogP contribution is 2.37. The van der Waals surface area contributed by atoms with Crippen LogP contribution >= 0.6 is 11.8 Å². The second-order valence-electron chi connectivity index (χ2n) is 4.59. The van der Waals surface area contributed by atoms with E-state index in [1.54, 1.807) is 5.56 Å². The molecule has 1 aliphatic rings. The van der Waals surface area contributed by atoms with Crippen molar-refractivity contribution in [3.63, 3.8) is 0 Å². The molecule has 1 aromatic rings. The molecular weight excluding hydrogens is 214 g/mol. The number of hydrogen-bond acceptors (Lipinski definition) is 2. The molecule has 1 aliphatic carbocycles. The summed E-state index contributed by atoms with van der Waals surface area (Å²) in [5, 5.41) is 3.40. The van der Waals surface area contributed by atoms with Crippen LogP contribution < -0.4 is 5.32 Å². The van der Waals surface area contributed by atoms with Crippen molar-refractivity contribution < 1.29 is 0 Å². The molecular formula is C14H21NS. The first kappa shape index (κ1) is 12.0. The number of benzene rings is 1. The standard InChI is InChI=1S/C14H21NS/c1-15-14(10-16-2)13-8-4-7-12(9-13)11-5-3-6-11/h4,7-9,11,14-15H,3,5-6,10H2,1-2H3. The summed E-state index contributed by atoms with van der Waals surface area (Å²) in [6.45, 7) is 0. The van der Waals surface area contributed by atoms with Crippen molar-refractivity contribution in [3.05, 3.63) is 35.4 Å². The van der Waals surface area contributed by atoms with Gasteiger partial charge in [0.05, 0.1) is 0 Å². The maximum absolute atomic E-state index is 3.40. The van der Waals surface area contributed by atoms with Gasteiger partial charge in [-0.25, -0.2) is 0 Å². The van der Waals surface area contributed by atoms with Crippen LogP contribution in [0.4, 0.5) is 0 Å². The Labute approximate surface area is 103 Å². The Bertz CT molecular complexity index is 333. The lowest BCUT2D eigenvalue weighted by molar-refractivity contribution is 0.419. The maximum atomic E-state index is 3.40. The molecule has 1 atom stereocenters. The van der Waals surface area contributed by atoms with Crippen LogP contribution in [0.5, 0.6) is 0 Å². The van der Waals surface area contributed by atoms with Crippen LogP contribution in [0.2, 0.25) is 0 Å². The smallest absolute Gasteiger partial charge is 0.0409 e. The maximum Gasteiger partial charge on any atom is 0.0409 e. The van der Waals surface area contributed by atoms with E-state index in [0.29, 0.717) is 6.04 Å². The van der Waals surface area contributed by atoms with Crippen LogP contribution in [0.1, 0.15) is 42.3 Å². The zero-order valence-corrected chi connectivity index (χ0v) is 11.0. The molecule has 16 heavy (non-hydrogen) atoms. The van der Waals surface area contributed by atoms with Crippen LogP contribution in [0.3, 0.4) is 0 Å². The number of hydrogen-bond donors (Lipinski definition) is 1. The third-order valence-corrected chi connectivity index (χ3v) is 4.24. The van der Waals surface area contributed by atoms with E-state index < -0.39 is 0 Å². The van der Waals surface area contributed by atoms with Crippen LogP contribution in [0, 0.1) is 0 Å². The molecule has 1 saturated carbocycles. The molecule has 0 spiro atoms. The van der Waals surface area contributed by atoms with Gasteiger partial charge in [-0.1, -0.05) is 30.7 Å². The zero-order chi connectivity index (χ0) is 11.4. The lowest BCUT2D eigenvalue weighted by Gasteiger charge is -2.27. The average Bonchev–Trinajstić information content (AvgIpc) is 2.24. The Kier molecular flexibility index (Phi) is 4.30. The van der Waals surface area contributed by atoms with E-state index in [4.69, 9.17) is 0 Å². The third kappa shape index (κ3) is 2.61. The molecule has 0 radical (unpaired) electrons. The summed E-state index contributed by atoms with van der Waals surface area (Å²) in [5.74, 6) is 1.98. The summed E-state index contributed by atoms with van der Waals surface area (Å²) < 4.78 is 0. The first-order valence-electron chi connectivity index (χ1n) is 6.11. The molecule has 0 bridgehead atoms. The molecule has 1 fully saturated rings. The van der Waals surface area contributed by atoms with Gasteiger partial charge in [0.25, 0.3) is 0 Å². The summed E-state index contributed by atoms with van der Waals surface area (Å²) in [6, 6.07) is 9.66. The second kappa shape index (κ2) is 5.74. The molecule has 0 saturated heterocycles. The fourth-order valence-corrected chi connectivity index (χ4v) is 2.98. The van der Waals surface area contributed by atoms with Crippen LogP contribution in [0.15, 0.2) is 24.3 Å². The molecule has 1 N–H and O–H groups in total. The summed E-state index contributed by atoms with van der Waals surface area (Å²) in [6.07, 6.45) is 6.35. The summed E-state index contributed by atoms with van der Waals surface area (Å²) in [4.78, 5) is 0. The van der Waals surface area contributed by atoms with Crippen molar-refractivity contribution in [2.75, 3.05) is 19.1 Å². The molecule has 0 amide bonds. The highest BCUT2D eigenvalue weighted by Gasteiger charge is 2.20. The first-order chi connectivity index (χ1) is 7.85. The van der Waals surface area contributed by atoms with Gasteiger partial charge >= 0.3 is 0 Å². The minimum Gasteiger partial charge on any atom is -0.312 e. The van der Waals surface area contributed by atoms with Crippen LogP contribution in [-0.4, -0.2) is 19.1 Å². The van der Waals surface area contributed by atoms with Gasteiger partial charge in [0.2, 0.25) is 0 Å². The Morgan fingerprint density at radius 3 is 2.81 bits per heavy atom. The quantitative estimate of drug-likeness (QED) is 0.837. The van der Waals surface area contributed by atoms with E-state index in [0.717, 1.165) is 11.7 Å². The van der Waals surface area contributed by atoms with Gasteiger partial charge in [-0.05, 0) is 43.2 Å². The highest BCUT2D eigenvalue weighted by atomic mass is 32.2. The first-order valence-corrected chi connectivity index (χ1v) is 7.50. The summed E-state index contributed by atoms with van der Waals surface area (Å²) in [7, 11) is 2.05. The minimum absolute atomic E-state index is 0.495. The largest absolute Gasteiger partial charge is 0.312 e. The number of rotatable bonds is 5. The molecule has 0 heterocycles. The molecule has 1 aromatic carbocycles. The zero-order valence-electron chi connectivity index (χ0n) is 10.2. The molecule has 0 aliphatic heterocycles. The fourth-order valence-electron chi connectivity index (χ4n) is 2.28. The minimum atomic E-state index is 0.495. The van der Waals surface area contributed by atoms with Gasteiger partial charge in [-0.3, -0.25) is 0 Å². The highest BCUT2D eigenvalue weighted by molar-refractivity contribution is 7.98. The van der Waals surface area contributed by atoms with Gasteiger partial charge in [0.15, 0.2) is 0 Å². The van der Waals surface area contributed by atoms with E-state index in [1.165, 1.54) is 24.8 Å². The average molecular weight is 235 g/mol. The molecule has 1 unspecified atom stereocenters. The number of thioether (sulfide) groups is 1. The molecule has 2 rings (SSSR count). The van der Waals surface area contributed by atoms with Gasteiger partial charge in [-0.2, -0.15) is 11.8 Å². The van der Waals surface area contributed by atoms with Crippen LogP contribution in [-0.2, 0) is 0 Å². The predicted octanol–water partition coefficient (Wildman–Crippen LogP) is 3.58. The van der Waals surface area contributed by atoms with Gasteiger partial charge in [0.1, 0.15) is 0 Å². The van der Waals surface area contributed by atoms with Gasteiger partial charge < -0.3 is 5.32 Å². The predicted molar refractivity (Wildman–Crippen MR) is 73.2 cm³/mol.